The number of alkyl halides is 1. The van der Waals surface area contributed by atoms with Gasteiger partial charge in [-0.05, 0) is 19.8 Å². The molecule has 1 aliphatic carbocycles. The van der Waals surface area contributed by atoms with Crippen molar-refractivity contribution in [1.29, 1.82) is 0 Å². The van der Waals surface area contributed by atoms with Crippen LogP contribution in [0.3, 0.4) is 0 Å². The number of hydrogen-bond donors (Lipinski definition) is 0. The minimum atomic E-state index is -0.330. The molecule has 1 fully saturated rings. The van der Waals surface area contributed by atoms with Crippen molar-refractivity contribution in [3.05, 3.63) is 18.2 Å². The molecule has 0 aliphatic heterocycles. The van der Waals surface area contributed by atoms with Crippen LogP contribution in [0, 0.1) is 0 Å². The molecule has 1 heterocycles. The molecule has 0 radical (unpaired) electrons. The van der Waals surface area contributed by atoms with Gasteiger partial charge in [0.15, 0.2) is 11.6 Å². The topological polar surface area (TPSA) is 53.5 Å². The van der Waals surface area contributed by atoms with Crippen LogP contribution in [0.2, 0.25) is 0 Å². The lowest BCUT2D eigenvalue weighted by Crippen LogP contribution is -2.17. The number of aromatic nitrogens is 2. The van der Waals surface area contributed by atoms with Gasteiger partial charge in [0.25, 0.3) is 0 Å². The molecule has 18 heavy (non-hydrogen) atoms. The third-order valence-corrected chi connectivity index (χ3v) is 3.03. The Hall–Kier alpha value is -0.720. The lowest BCUT2D eigenvalue weighted by molar-refractivity contribution is -0.104. The highest BCUT2D eigenvalue weighted by atomic mass is 79.9. The maximum absolute atomic E-state index is 5.69. The van der Waals surface area contributed by atoms with E-state index in [1.54, 1.807) is 12.4 Å². The minimum absolute atomic E-state index is 0.293. The molecule has 0 bridgehead atoms. The molecule has 2 rings (SSSR count). The zero-order valence-electron chi connectivity index (χ0n) is 10.4. The SMILES string of the molecule is CCOCOC1(c2ncc(OCCBr)cn2)CC1. The predicted octanol–water partition coefficient (Wildman–Crippen LogP) is 2.25. The van der Waals surface area contributed by atoms with Crippen LogP contribution in [-0.4, -0.2) is 35.3 Å². The quantitative estimate of drug-likeness (QED) is 0.418. The van der Waals surface area contributed by atoms with Crippen LogP contribution >= 0.6 is 15.9 Å². The molecule has 0 atom stereocenters. The molecule has 0 saturated heterocycles. The second-order valence-corrected chi connectivity index (χ2v) is 4.82. The Kier molecular flexibility index (Phi) is 4.91. The molecule has 1 aromatic heterocycles. The van der Waals surface area contributed by atoms with E-state index in [2.05, 4.69) is 25.9 Å². The van der Waals surface area contributed by atoms with Crippen molar-refractivity contribution in [3.63, 3.8) is 0 Å². The maximum atomic E-state index is 5.69. The fourth-order valence-corrected chi connectivity index (χ4v) is 1.73. The number of halogens is 1. The van der Waals surface area contributed by atoms with E-state index in [0.717, 1.165) is 18.2 Å². The summed E-state index contributed by atoms with van der Waals surface area (Å²) in [6, 6.07) is 0. The first-order valence-corrected chi connectivity index (χ1v) is 7.16. The minimum Gasteiger partial charge on any atom is -0.489 e. The largest absolute Gasteiger partial charge is 0.489 e. The fraction of sp³-hybridized carbons (Fsp3) is 0.667. The highest BCUT2D eigenvalue weighted by Gasteiger charge is 2.48. The molecular formula is C12H17BrN2O3. The van der Waals surface area contributed by atoms with Gasteiger partial charge in [0.05, 0.1) is 19.0 Å². The van der Waals surface area contributed by atoms with Gasteiger partial charge in [0, 0.05) is 11.9 Å². The van der Waals surface area contributed by atoms with Crippen LogP contribution in [0.4, 0.5) is 0 Å². The maximum Gasteiger partial charge on any atom is 0.160 e. The molecule has 6 heteroatoms. The molecule has 1 saturated carbocycles. The summed E-state index contributed by atoms with van der Waals surface area (Å²) in [6.45, 7) is 3.49. The van der Waals surface area contributed by atoms with Crippen molar-refractivity contribution >= 4 is 15.9 Å². The summed E-state index contributed by atoms with van der Waals surface area (Å²) in [5.41, 5.74) is -0.330. The highest BCUT2D eigenvalue weighted by molar-refractivity contribution is 9.09. The van der Waals surface area contributed by atoms with Crippen LogP contribution in [0.25, 0.3) is 0 Å². The van der Waals surface area contributed by atoms with Gasteiger partial charge in [-0.1, -0.05) is 15.9 Å². The van der Waals surface area contributed by atoms with Crippen molar-refractivity contribution in [2.24, 2.45) is 0 Å². The summed E-state index contributed by atoms with van der Waals surface area (Å²) in [5, 5.41) is 0.788. The average molecular weight is 317 g/mol. The first kappa shape index (κ1) is 13.7. The van der Waals surface area contributed by atoms with Gasteiger partial charge >= 0.3 is 0 Å². The van der Waals surface area contributed by atoms with Gasteiger partial charge in [-0.15, -0.1) is 0 Å². The molecule has 0 unspecified atom stereocenters. The first-order chi connectivity index (χ1) is 8.80. The smallest absolute Gasteiger partial charge is 0.160 e. The third-order valence-electron chi connectivity index (χ3n) is 2.71. The lowest BCUT2D eigenvalue weighted by Gasteiger charge is -2.15. The van der Waals surface area contributed by atoms with Crippen LogP contribution in [0.5, 0.6) is 5.75 Å². The zero-order valence-corrected chi connectivity index (χ0v) is 12.0. The van der Waals surface area contributed by atoms with Crippen molar-refractivity contribution in [1.82, 2.24) is 9.97 Å². The summed E-state index contributed by atoms with van der Waals surface area (Å²) in [4.78, 5) is 8.63. The third kappa shape index (κ3) is 3.40. The van der Waals surface area contributed by atoms with Crippen LogP contribution in [-0.2, 0) is 15.1 Å². The Labute approximate surface area is 115 Å². The van der Waals surface area contributed by atoms with E-state index in [1.807, 2.05) is 6.92 Å². The van der Waals surface area contributed by atoms with Gasteiger partial charge in [0.1, 0.15) is 12.4 Å². The van der Waals surface area contributed by atoms with Gasteiger partial charge < -0.3 is 14.2 Å². The number of nitrogens with zero attached hydrogens (tertiary/aromatic N) is 2. The summed E-state index contributed by atoms with van der Waals surface area (Å²) < 4.78 is 16.3. The lowest BCUT2D eigenvalue weighted by atomic mass is 10.3. The van der Waals surface area contributed by atoms with Crippen molar-refractivity contribution in [2.45, 2.75) is 25.4 Å². The Morgan fingerprint density at radius 3 is 2.61 bits per heavy atom. The van der Waals surface area contributed by atoms with Crippen molar-refractivity contribution < 1.29 is 14.2 Å². The van der Waals surface area contributed by atoms with E-state index in [1.165, 1.54) is 0 Å². The second kappa shape index (κ2) is 6.45. The molecule has 0 aromatic carbocycles. The standard InChI is InChI=1S/C12H17BrN2O3/c1-2-16-9-18-12(3-4-12)11-14-7-10(8-15-11)17-6-5-13/h7-8H,2-6,9H2,1H3. The normalized spacial score (nSPS) is 16.6. The predicted molar refractivity (Wildman–Crippen MR) is 69.8 cm³/mol. The Morgan fingerprint density at radius 2 is 2.06 bits per heavy atom. The molecule has 0 N–H and O–H groups in total. The van der Waals surface area contributed by atoms with Gasteiger partial charge in [-0.25, -0.2) is 9.97 Å². The van der Waals surface area contributed by atoms with Gasteiger partial charge in [-0.3, -0.25) is 0 Å². The molecule has 0 spiro atoms. The summed E-state index contributed by atoms with van der Waals surface area (Å²) >= 11 is 3.30. The Morgan fingerprint density at radius 1 is 1.33 bits per heavy atom. The van der Waals surface area contributed by atoms with Crippen LogP contribution < -0.4 is 4.74 Å². The summed E-state index contributed by atoms with van der Waals surface area (Å²) in [7, 11) is 0. The Bertz CT molecular complexity index is 368. The summed E-state index contributed by atoms with van der Waals surface area (Å²) in [5.74, 6) is 1.40. The molecule has 100 valence electrons. The molecule has 1 aliphatic rings. The van der Waals surface area contributed by atoms with Crippen LogP contribution in [0.15, 0.2) is 12.4 Å². The van der Waals surface area contributed by atoms with E-state index < -0.39 is 0 Å². The first-order valence-electron chi connectivity index (χ1n) is 6.04. The Balaban J connectivity index is 1.92. The number of rotatable bonds is 8. The monoisotopic (exact) mass is 316 g/mol. The van der Waals surface area contributed by atoms with E-state index in [-0.39, 0.29) is 5.60 Å². The van der Waals surface area contributed by atoms with Crippen LogP contribution in [0.1, 0.15) is 25.6 Å². The molecule has 1 aromatic rings. The number of ether oxygens (including phenoxy) is 3. The van der Waals surface area contributed by atoms with E-state index in [4.69, 9.17) is 14.2 Å². The van der Waals surface area contributed by atoms with Gasteiger partial charge in [0.2, 0.25) is 0 Å². The number of hydrogen-bond acceptors (Lipinski definition) is 5. The fourth-order valence-electron chi connectivity index (χ4n) is 1.57. The zero-order chi connectivity index (χ0) is 12.8. The van der Waals surface area contributed by atoms with E-state index in [0.29, 0.717) is 31.6 Å². The van der Waals surface area contributed by atoms with Gasteiger partial charge in [-0.2, -0.15) is 0 Å². The molecule has 5 nitrogen and oxygen atoms in total. The molecular weight excluding hydrogens is 300 g/mol. The van der Waals surface area contributed by atoms with E-state index >= 15 is 0 Å². The molecule has 0 amide bonds. The van der Waals surface area contributed by atoms with Crippen molar-refractivity contribution in [3.8, 4) is 5.75 Å². The summed E-state index contributed by atoms with van der Waals surface area (Å²) in [6.07, 6.45) is 5.27. The highest BCUT2D eigenvalue weighted by Crippen LogP contribution is 2.47. The van der Waals surface area contributed by atoms with Crippen molar-refractivity contribution in [2.75, 3.05) is 25.3 Å². The average Bonchev–Trinajstić information content (AvgIpc) is 3.18. The van der Waals surface area contributed by atoms with E-state index in [9.17, 15) is 0 Å². The second-order valence-electron chi connectivity index (χ2n) is 4.03.